The van der Waals surface area contributed by atoms with Crippen molar-refractivity contribution in [3.8, 4) is 0 Å². The van der Waals surface area contributed by atoms with Gasteiger partial charge in [0.1, 0.15) is 0 Å². The maximum Gasteiger partial charge on any atom is 0.307 e. The Labute approximate surface area is 128 Å². The number of hydrogen-bond acceptors (Lipinski definition) is 3. The highest BCUT2D eigenvalue weighted by Gasteiger charge is 2.51. The summed E-state index contributed by atoms with van der Waals surface area (Å²) in [6.07, 6.45) is 4.00. The van der Waals surface area contributed by atoms with Crippen LogP contribution in [-0.4, -0.2) is 22.1 Å². The van der Waals surface area contributed by atoms with Gasteiger partial charge in [-0.3, -0.25) is 9.59 Å². The van der Waals surface area contributed by atoms with Crippen molar-refractivity contribution in [2.45, 2.75) is 19.4 Å². The van der Waals surface area contributed by atoms with Gasteiger partial charge in [-0.25, -0.2) is 0 Å². The Morgan fingerprint density at radius 3 is 2.55 bits per heavy atom. The molecular weight excluding hydrogens is 282 g/mol. The number of carboxylic acid groups (broad SMARTS) is 1. The van der Waals surface area contributed by atoms with Gasteiger partial charge in [-0.1, -0.05) is 24.3 Å². The van der Waals surface area contributed by atoms with Gasteiger partial charge in [0.05, 0.1) is 17.9 Å². The van der Waals surface area contributed by atoms with Crippen molar-refractivity contribution in [1.82, 2.24) is 0 Å². The lowest BCUT2D eigenvalue weighted by molar-refractivity contribution is -0.146. The fraction of sp³-hybridized carbons (Fsp3) is 0.412. The van der Waals surface area contributed by atoms with E-state index in [0.29, 0.717) is 11.3 Å². The molecule has 3 rings (SSSR count). The molecule has 116 valence electrons. The number of fused-ring (bicyclic) bond motifs is 2. The van der Waals surface area contributed by atoms with E-state index in [-0.39, 0.29) is 17.7 Å². The number of carbonyl (C=O) groups excluding carboxylic acids is 1. The SMILES string of the molecule is C[C@H](O)c1cccc(NC(=O)[C@@H]2[C@@H](C(=O)O)[C@H]3C=C[C@H]2C3)c1. The van der Waals surface area contributed by atoms with E-state index >= 15 is 0 Å². The number of benzene rings is 1. The molecule has 1 aromatic rings. The molecule has 2 aliphatic carbocycles. The Kier molecular flexibility index (Phi) is 3.74. The molecule has 2 bridgehead atoms. The lowest BCUT2D eigenvalue weighted by Crippen LogP contribution is -2.36. The summed E-state index contributed by atoms with van der Waals surface area (Å²) in [5.41, 5.74) is 1.29. The predicted octanol–water partition coefficient (Wildman–Crippen LogP) is 2.20. The summed E-state index contributed by atoms with van der Waals surface area (Å²) in [5.74, 6) is -2.37. The van der Waals surface area contributed by atoms with Crippen LogP contribution < -0.4 is 5.32 Å². The van der Waals surface area contributed by atoms with E-state index in [1.54, 1.807) is 31.2 Å². The third kappa shape index (κ3) is 2.52. The minimum Gasteiger partial charge on any atom is -0.481 e. The average molecular weight is 301 g/mol. The number of aliphatic hydroxyl groups excluding tert-OH is 1. The Balaban J connectivity index is 1.78. The van der Waals surface area contributed by atoms with Gasteiger partial charge in [-0.15, -0.1) is 0 Å². The van der Waals surface area contributed by atoms with Crippen molar-refractivity contribution >= 4 is 17.6 Å². The molecule has 0 unspecified atom stereocenters. The molecule has 0 spiro atoms. The average Bonchev–Trinajstić information content (AvgIpc) is 3.07. The normalized spacial score (nSPS) is 30.3. The minimum absolute atomic E-state index is 0.00560. The summed E-state index contributed by atoms with van der Waals surface area (Å²) >= 11 is 0. The van der Waals surface area contributed by atoms with Crippen molar-refractivity contribution in [3.63, 3.8) is 0 Å². The fourth-order valence-electron chi connectivity index (χ4n) is 3.62. The van der Waals surface area contributed by atoms with E-state index in [2.05, 4.69) is 5.32 Å². The zero-order valence-electron chi connectivity index (χ0n) is 12.3. The number of rotatable bonds is 4. The van der Waals surface area contributed by atoms with Gasteiger partial charge in [0, 0.05) is 5.69 Å². The van der Waals surface area contributed by atoms with Crippen LogP contribution in [0.15, 0.2) is 36.4 Å². The molecule has 1 amide bonds. The molecule has 5 nitrogen and oxygen atoms in total. The third-order valence-corrected chi connectivity index (χ3v) is 4.68. The van der Waals surface area contributed by atoms with Crippen LogP contribution in [0.4, 0.5) is 5.69 Å². The first-order valence-electron chi connectivity index (χ1n) is 7.47. The molecule has 1 fully saturated rings. The monoisotopic (exact) mass is 301 g/mol. The number of aliphatic hydroxyl groups is 1. The molecule has 0 heterocycles. The minimum atomic E-state index is -0.908. The molecule has 22 heavy (non-hydrogen) atoms. The van der Waals surface area contributed by atoms with Crippen LogP contribution in [0.1, 0.15) is 25.0 Å². The second-order valence-corrected chi connectivity index (χ2v) is 6.13. The summed E-state index contributed by atoms with van der Waals surface area (Å²) in [6, 6.07) is 6.98. The summed E-state index contributed by atoms with van der Waals surface area (Å²) in [4.78, 5) is 24.0. The highest BCUT2D eigenvalue weighted by Crippen LogP contribution is 2.48. The molecule has 2 aliphatic rings. The van der Waals surface area contributed by atoms with Crippen molar-refractivity contribution < 1.29 is 19.8 Å². The standard InChI is InChI=1S/C17H19NO4/c1-9(19)10-3-2-4-13(8-10)18-16(20)14-11-5-6-12(7-11)15(14)17(21)22/h2-6,8-9,11-12,14-15,19H,7H2,1H3,(H,18,20)(H,21,22)/t9-,11-,12-,14-,15-/m0/s1. The van der Waals surface area contributed by atoms with Crippen LogP contribution in [0.2, 0.25) is 0 Å². The molecule has 1 saturated carbocycles. The van der Waals surface area contributed by atoms with E-state index < -0.39 is 23.9 Å². The van der Waals surface area contributed by atoms with E-state index in [9.17, 15) is 19.8 Å². The topological polar surface area (TPSA) is 86.6 Å². The van der Waals surface area contributed by atoms with E-state index in [1.807, 2.05) is 12.2 Å². The third-order valence-electron chi connectivity index (χ3n) is 4.68. The molecule has 0 saturated heterocycles. The molecule has 0 aliphatic heterocycles. The zero-order chi connectivity index (χ0) is 15.9. The number of nitrogens with one attached hydrogen (secondary N) is 1. The smallest absolute Gasteiger partial charge is 0.307 e. The van der Waals surface area contributed by atoms with Crippen LogP contribution in [0.3, 0.4) is 0 Å². The maximum atomic E-state index is 12.5. The number of aliphatic carboxylic acids is 1. The molecule has 3 N–H and O–H groups in total. The molecule has 1 aromatic carbocycles. The second kappa shape index (κ2) is 5.57. The number of carboxylic acids is 1. The summed E-state index contributed by atoms with van der Waals surface area (Å²) in [7, 11) is 0. The van der Waals surface area contributed by atoms with E-state index in [1.165, 1.54) is 0 Å². The Morgan fingerprint density at radius 2 is 1.91 bits per heavy atom. The van der Waals surface area contributed by atoms with Crippen LogP contribution in [0.5, 0.6) is 0 Å². The largest absolute Gasteiger partial charge is 0.481 e. The van der Waals surface area contributed by atoms with Gasteiger partial charge < -0.3 is 15.5 Å². The van der Waals surface area contributed by atoms with Crippen LogP contribution in [-0.2, 0) is 9.59 Å². The molecule has 0 radical (unpaired) electrons. The van der Waals surface area contributed by atoms with Crippen molar-refractivity contribution in [1.29, 1.82) is 0 Å². The first-order chi connectivity index (χ1) is 10.5. The van der Waals surface area contributed by atoms with Gasteiger partial charge in [0.2, 0.25) is 5.91 Å². The van der Waals surface area contributed by atoms with E-state index in [4.69, 9.17) is 0 Å². The summed E-state index contributed by atoms with van der Waals surface area (Å²) in [5, 5.41) is 21.8. The summed E-state index contributed by atoms with van der Waals surface area (Å²) < 4.78 is 0. The first-order valence-corrected chi connectivity index (χ1v) is 7.47. The van der Waals surface area contributed by atoms with Crippen LogP contribution in [0, 0.1) is 23.7 Å². The molecular formula is C17H19NO4. The highest BCUT2D eigenvalue weighted by atomic mass is 16.4. The van der Waals surface area contributed by atoms with Crippen molar-refractivity contribution in [2.24, 2.45) is 23.7 Å². The maximum absolute atomic E-state index is 12.5. The summed E-state index contributed by atoms with van der Waals surface area (Å²) in [6.45, 7) is 1.65. The lowest BCUT2D eigenvalue weighted by Gasteiger charge is -2.24. The van der Waals surface area contributed by atoms with Crippen molar-refractivity contribution in [3.05, 3.63) is 42.0 Å². The molecule has 5 heteroatoms. The Bertz CT molecular complexity index is 637. The Hall–Kier alpha value is -2.14. The number of amides is 1. The lowest BCUT2D eigenvalue weighted by atomic mass is 9.82. The van der Waals surface area contributed by atoms with Gasteiger partial charge in [0.15, 0.2) is 0 Å². The second-order valence-electron chi connectivity index (χ2n) is 6.13. The van der Waals surface area contributed by atoms with Crippen LogP contribution >= 0.6 is 0 Å². The fourth-order valence-corrected chi connectivity index (χ4v) is 3.62. The molecule has 0 aromatic heterocycles. The number of carbonyl (C=O) groups is 2. The zero-order valence-corrected chi connectivity index (χ0v) is 12.3. The first kappa shape index (κ1) is 14.8. The Morgan fingerprint density at radius 1 is 1.23 bits per heavy atom. The highest BCUT2D eigenvalue weighted by molar-refractivity contribution is 5.96. The quantitative estimate of drug-likeness (QED) is 0.744. The number of anilines is 1. The molecule has 5 atom stereocenters. The van der Waals surface area contributed by atoms with Gasteiger partial charge in [0.25, 0.3) is 0 Å². The van der Waals surface area contributed by atoms with Gasteiger partial charge >= 0.3 is 5.97 Å². The van der Waals surface area contributed by atoms with Gasteiger partial charge in [-0.05, 0) is 42.9 Å². The van der Waals surface area contributed by atoms with Crippen molar-refractivity contribution in [2.75, 3.05) is 5.32 Å². The predicted molar refractivity (Wildman–Crippen MR) is 81.1 cm³/mol. The number of allylic oxidation sites excluding steroid dienone is 2. The van der Waals surface area contributed by atoms with Gasteiger partial charge in [-0.2, -0.15) is 0 Å². The number of hydrogen-bond donors (Lipinski definition) is 3. The van der Waals surface area contributed by atoms with Crippen LogP contribution in [0.25, 0.3) is 0 Å². The van der Waals surface area contributed by atoms with E-state index in [0.717, 1.165) is 6.42 Å².